The molecule has 2 aromatic rings. The van der Waals surface area contributed by atoms with Gasteiger partial charge in [0.25, 0.3) is 0 Å². The maximum absolute atomic E-state index is 12.5. The number of aryl methyl sites for hydroxylation is 1. The van der Waals surface area contributed by atoms with Gasteiger partial charge in [-0.3, -0.25) is 14.5 Å². The molecule has 24 heavy (non-hydrogen) atoms. The molecule has 1 aliphatic heterocycles. The smallest absolute Gasteiger partial charge is 0.249 e. The van der Waals surface area contributed by atoms with Crippen molar-refractivity contribution in [2.75, 3.05) is 22.1 Å². The summed E-state index contributed by atoms with van der Waals surface area (Å²) in [5, 5.41) is 6.07. The summed E-state index contributed by atoms with van der Waals surface area (Å²) in [6.45, 7) is 5.77. The molecule has 0 fully saturated rings. The molecule has 0 saturated carbocycles. The third kappa shape index (κ3) is 2.97. The first-order valence-electron chi connectivity index (χ1n) is 8.00. The topological polar surface area (TPSA) is 61.4 Å². The standard InChI is InChI=1S/C19H21N3O2/c1-12-7-6-9-15(13(12)2)21-18(23)11-22-17-10-5-4-8-16(17)20-14(3)19(22)24/h4-10,14,20H,11H2,1-3H3,(H,21,23). The Balaban J connectivity index is 1.81. The summed E-state index contributed by atoms with van der Waals surface area (Å²) < 4.78 is 0. The lowest BCUT2D eigenvalue weighted by atomic mass is 10.1. The molecule has 0 bridgehead atoms. The van der Waals surface area contributed by atoms with Crippen LogP contribution >= 0.6 is 0 Å². The van der Waals surface area contributed by atoms with Crippen molar-refractivity contribution in [2.45, 2.75) is 26.8 Å². The van der Waals surface area contributed by atoms with Gasteiger partial charge in [0.1, 0.15) is 12.6 Å². The van der Waals surface area contributed by atoms with Crippen molar-refractivity contribution in [1.29, 1.82) is 0 Å². The maximum atomic E-state index is 12.5. The molecule has 0 radical (unpaired) electrons. The van der Waals surface area contributed by atoms with E-state index in [9.17, 15) is 9.59 Å². The van der Waals surface area contributed by atoms with E-state index in [4.69, 9.17) is 0 Å². The molecule has 2 aromatic carbocycles. The van der Waals surface area contributed by atoms with Gasteiger partial charge in [-0.05, 0) is 50.1 Å². The lowest BCUT2D eigenvalue weighted by Crippen LogP contribution is -2.48. The minimum Gasteiger partial charge on any atom is -0.372 e. The molecule has 2 amide bonds. The van der Waals surface area contributed by atoms with E-state index in [0.29, 0.717) is 0 Å². The summed E-state index contributed by atoms with van der Waals surface area (Å²) >= 11 is 0. The highest BCUT2D eigenvalue weighted by molar-refractivity contribution is 6.09. The molecular weight excluding hydrogens is 302 g/mol. The van der Waals surface area contributed by atoms with Crippen LogP contribution in [0.1, 0.15) is 18.1 Å². The third-order valence-electron chi connectivity index (χ3n) is 4.38. The van der Waals surface area contributed by atoms with Crippen molar-refractivity contribution in [1.82, 2.24) is 0 Å². The molecule has 1 unspecified atom stereocenters. The quantitative estimate of drug-likeness (QED) is 0.912. The zero-order valence-corrected chi connectivity index (χ0v) is 14.1. The Hall–Kier alpha value is -2.82. The van der Waals surface area contributed by atoms with E-state index < -0.39 is 0 Å². The molecule has 1 heterocycles. The van der Waals surface area contributed by atoms with E-state index in [1.54, 1.807) is 6.92 Å². The van der Waals surface area contributed by atoms with Gasteiger partial charge in [0.05, 0.1) is 11.4 Å². The second kappa shape index (κ2) is 6.35. The van der Waals surface area contributed by atoms with Gasteiger partial charge in [-0.15, -0.1) is 0 Å². The van der Waals surface area contributed by atoms with Gasteiger partial charge in [-0.25, -0.2) is 0 Å². The molecule has 0 aromatic heterocycles. The lowest BCUT2D eigenvalue weighted by Gasteiger charge is -2.33. The highest BCUT2D eigenvalue weighted by atomic mass is 16.2. The predicted molar refractivity (Wildman–Crippen MR) is 96.4 cm³/mol. The first-order valence-corrected chi connectivity index (χ1v) is 8.00. The van der Waals surface area contributed by atoms with Crippen LogP contribution in [0.15, 0.2) is 42.5 Å². The van der Waals surface area contributed by atoms with Crippen molar-refractivity contribution in [3.8, 4) is 0 Å². The van der Waals surface area contributed by atoms with E-state index in [2.05, 4.69) is 10.6 Å². The van der Waals surface area contributed by atoms with Crippen molar-refractivity contribution in [3.05, 3.63) is 53.6 Å². The number of rotatable bonds is 3. The first kappa shape index (κ1) is 16.1. The summed E-state index contributed by atoms with van der Waals surface area (Å²) in [5.41, 5.74) is 4.53. The number of nitrogens with one attached hydrogen (secondary N) is 2. The number of anilines is 3. The van der Waals surface area contributed by atoms with E-state index in [-0.39, 0.29) is 24.4 Å². The fourth-order valence-electron chi connectivity index (χ4n) is 2.86. The third-order valence-corrected chi connectivity index (χ3v) is 4.38. The fraction of sp³-hybridized carbons (Fsp3) is 0.263. The fourth-order valence-corrected chi connectivity index (χ4v) is 2.86. The Labute approximate surface area is 141 Å². The van der Waals surface area contributed by atoms with Crippen LogP contribution in [0, 0.1) is 13.8 Å². The summed E-state index contributed by atoms with van der Waals surface area (Å²) in [4.78, 5) is 26.5. The van der Waals surface area contributed by atoms with Crippen LogP contribution in [-0.2, 0) is 9.59 Å². The van der Waals surface area contributed by atoms with E-state index in [1.807, 2.05) is 56.3 Å². The van der Waals surface area contributed by atoms with Gasteiger partial charge in [0.2, 0.25) is 11.8 Å². The number of hydrogen-bond acceptors (Lipinski definition) is 3. The summed E-state index contributed by atoms with van der Waals surface area (Å²) in [7, 11) is 0. The van der Waals surface area contributed by atoms with Crippen LogP contribution < -0.4 is 15.5 Å². The largest absolute Gasteiger partial charge is 0.372 e. The van der Waals surface area contributed by atoms with E-state index in [1.165, 1.54) is 4.90 Å². The molecule has 1 atom stereocenters. The van der Waals surface area contributed by atoms with Crippen LogP contribution in [-0.4, -0.2) is 24.4 Å². The van der Waals surface area contributed by atoms with Crippen LogP contribution in [0.4, 0.5) is 17.1 Å². The lowest BCUT2D eigenvalue weighted by molar-refractivity contribution is -0.122. The molecule has 2 N–H and O–H groups in total. The van der Waals surface area contributed by atoms with Crippen molar-refractivity contribution < 1.29 is 9.59 Å². The van der Waals surface area contributed by atoms with E-state index in [0.717, 1.165) is 28.2 Å². The number of carbonyl (C=O) groups is 2. The highest BCUT2D eigenvalue weighted by Gasteiger charge is 2.30. The Kier molecular flexibility index (Phi) is 4.25. The molecule has 1 aliphatic rings. The predicted octanol–water partition coefficient (Wildman–Crippen LogP) is 3.09. The average molecular weight is 323 g/mol. The highest BCUT2D eigenvalue weighted by Crippen LogP contribution is 2.31. The summed E-state index contributed by atoms with van der Waals surface area (Å²) in [6, 6.07) is 12.9. The second-order valence-corrected chi connectivity index (χ2v) is 6.10. The molecule has 5 heteroatoms. The zero-order valence-electron chi connectivity index (χ0n) is 14.1. The first-order chi connectivity index (χ1) is 11.5. The average Bonchev–Trinajstić information content (AvgIpc) is 2.56. The molecular formula is C19H21N3O2. The van der Waals surface area contributed by atoms with Crippen LogP contribution in [0.25, 0.3) is 0 Å². The van der Waals surface area contributed by atoms with Crippen LogP contribution in [0.2, 0.25) is 0 Å². The molecule has 124 valence electrons. The van der Waals surface area contributed by atoms with Crippen LogP contribution in [0.5, 0.6) is 0 Å². The number of para-hydroxylation sites is 2. The second-order valence-electron chi connectivity index (χ2n) is 6.10. The molecule has 0 saturated heterocycles. The van der Waals surface area contributed by atoms with Gasteiger partial charge in [0, 0.05) is 5.69 Å². The summed E-state index contributed by atoms with van der Waals surface area (Å²) in [6.07, 6.45) is 0. The van der Waals surface area contributed by atoms with Gasteiger partial charge in [-0.2, -0.15) is 0 Å². The number of amides is 2. The Morgan fingerprint density at radius 3 is 2.71 bits per heavy atom. The van der Waals surface area contributed by atoms with E-state index >= 15 is 0 Å². The van der Waals surface area contributed by atoms with Crippen molar-refractivity contribution in [3.63, 3.8) is 0 Å². The van der Waals surface area contributed by atoms with Crippen molar-refractivity contribution in [2.24, 2.45) is 0 Å². The Bertz CT molecular complexity index is 801. The molecule has 5 nitrogen and oxygen atoms in total. The Morgan fingerprint density at radius 1 is 1.17 bits per heavy atom. The minimum atomic E-state index is -0.353. The SMILES string of the molecule is Cc1cccc(NC(=O)CN2C(=O)C(C)Nc3ccccc32)c1C. The molecule has 3 rings (SSSR count). The summed E-state index contributed by atoms with van der Waals surface area (Å²) in [5.74, 6) is -0.314. The van der Waals surface area contributed by atoms with Gasteiger partial charge in [0.15, 0.2) is 0 Å². The van der Waals surface area contributed by atoms with Crippen molar-refractivity contribution >= 4 is 28.9 Å². The minimum absolute atomic E-state index is 0.00471. The van der Waals surface area contributed by atoms with Gasteiger partial charge < -0.3 is 10.6 Å². The number of carbonyl (C=O) groups excluding carboxylic acids is 2. The molecule has 0 aliphatic carbocycles. The van der Waals surface area contributed by atoms with Gasteiger partial charge >= 0.3 is 0 Å². The number of benzene rings is 2. The zero-order chi connectivity index (χ0) is 17.3. The number of fused-ring (bicyclic) bond motifs is 1. The van der Waals surface area contributed by atoms with Gasteiger partial charge in [-0.1, -0.05) is 24.3 Å². The Morgan fingerprint density at radius 2 is 1.92 bits per heavy atom. The normalized spacial score (nSPS) is 16.4. The maximum Gasteiger partial charge on any atom is 0.249 e. The monoisotopic (exact) mass is 323 g/mol. The number of hydrogen-bond donors (Lipinski definition) is 2. The molecule has 0 spiro atoms. The van der Waals surface area contributed by atoms with Crippen LogP contribution in [0.3, 0.4) is 0 Å². The number of nitrogens with zero attached hydrogens (tertiary/aromatic N) is 1.